The van der Waals surface area contributed by atoms with Crippen LogP contribution in [0.25, 0.3) is 10.9 Å². The third kappa shape index (κ3) is 2.23. The summed E-state index contributed by atoms with van der Waals surface area (Å²) in [7, 11) is 1.71. The second-order valence-electron chi connectivity index (χ2n) is 5.21. The number of hydrogen-bond donors (Lipinski definition) is 1. The van der Waals surface area contributed by atoms with Gasteiger partial charge in [0.1, 0.15) is 5.52 Å². The molecule has 1 aromatic heterocycles. The van der Waals surface area contributed by atoms with Crippen LogP contribution in [-0.4, -0.2) is 24.2 Å². The van der Waals surface area contributed by atoms with E-state index in [0.29, 0.717) is 28.2 Å². The number of halogens is 2. The smallest absolute Gasteiger partial charge is 0.172 e. The molecule has 0 atom stereocenters. The summed E-state index contributed by atoms with van der Waals surface area (Å²) in [5, 5.41) is 4.27. The predicted octanol–water partition coefficient (Wildman–Crippen LogP) is 4.01. The van der Waals surface area contributed by atoms with E-state index in [1.54, 1.807) is 25.3 Å². The topological polar surface area (TPSA) is 34.1 Å². The van der Waals surface area contributed by atoms with Gasteiger partial charge in [0.25, 0.3) is 0 Å². The van der Waals surface area contributed by atoms with E-state index in [0.717, 1.165) is 19.3 Å². The highest BCUT2D eigenvalue weighted by molar-refractivity contribution is 6.35. The maximum atomic E-state index is 14.4. The number of pyridine rings is 1. The summed E-state index contributed by atoms with van der Waals surface area (Å²) in [6.07, 6.45) is 4.69. The first-order valence-electron chi connectivity index (χ1n) is 6.67. The first-order valence-corrected chi connectivity index (χ1v) is 7.05. The van der Waals surface area contributed by atoms with Gasteiger partial charge in [-0.3, -0.25) is 4.98 Å². The lowest BCUT2D eigenvalue weighted by Crippen LogP contribution is -2.45. The fraction of sp³-hybridized carbons (Fsp3) is 0.400. The molecule has 0 amide bonds. The van der Waals surface area contributed by atoms with Crippen LogP contribution in [-0.2, 0) is 4.74 Å². The summed E-state index contributed by atoms with van der Waals surface area (Å²) in [6, 6.07) is 5.15. The van der Waals surface area contributed by atoms with Gasteiger partial charge in [0, 0.05) is 25.2 Å². The molecule has 3 rings (SSSR count). The molecule has 20 heavy (non-hydrogen) atoms. The fourth-order valence-corrected chi connectivity index (χ4v) is 2.78. The molecule has 2 aromatic rings. The number of rotatable bonds is 4. The molecule has 3 nitrogen and oxygen atoms in total. The van der Waals surface area contributed by atoms with Crippen LogP contribution in [0.4, 0.5) is 10.1 Å². The maximum Gasteiger partial charge on any atom is 0.172 e. The third-order valence-electron chi connectivity index (χ3n) is 4.10. The van der Waals surface area contributed by atoms with E-state index >= 15 is 0 Å². The van der Waals surface area contributed by atoms with Crippen molar-refractivity contribution in [1.82, 2.24) is 4.98 Å². The Hall–Kier alpha value is -1.39. The summed E-state index contributed by atoms with van der Waals surface area (Å²) in [5.41, 5.74) is 0.585. The summed E-state index contributed by atoms with van der Waals surface area (Å²) < 4.78 is 19.9. The van der Waals surface area contributed by atoms with Gasteiger partial charge in [0.05, 0.1) is 16.3 Å². The number of nitrogens with one attached hydrogen (secondary N) is 1. The zero-order chi connectivity index (χ0) is 14.2. The number of methoxy groups -OCH3 is 1. The van der Waals surface area contributed by atoms with Gasteiger partial charge >= 0.3 is 0 Å². The molecule has 1 aliphatic carbocycles. The van der Waals surface area contributed by atoms with Crippen LogP contribution in [0.5, 0.6) is 0 Å². The highest BCUT2D eigenvalue weighted by atomic mass is 35.5. The van der Waals surface area contributed by atoms with Crippen molar-refractivity contribution in [3.05, 3.63) is 35.2 Å². The zero-order valence-electron chi connectivity index (χ0n) is 11.2. The number of anilines is 1. The summed E-state index contributed by atoms with van der Waals surface area (Å²) in [4.78, 5) is 4.07. The predicted molar refractivity (Wildman–Crippen MR) is 78.8 cm³/mol. The third-order valence-corrected chi connectivity index (χ3v) is 4.43. The molecule has 1 aromatic carbocycles. The monoisotopic (exact) mass is 294 g/mol. The molecule has 1 fully saturated rings. The number of ether oxygens (including phenoxy) is 1. The highest BCUT2D eigenvalue weighted by Gasteiger charge is 2.36. The van der Waals surface area contributed by atoms with E-state index in [1.807, 2.05) is 0 Å². The average Bonchev–Trinajstić information content (AvgIpc) is 2.41. The van der Waals surface area contributed by atoms with Crippen molar-refractivity contribution in [2.24, 2.45) is 0 Å². The summed E-state index contributed by atoms with van der Waals surface area (Å²) in [6.45, 7) is 0.604. The van der Waals surface area contributed by atoms with Gasteiger partial charge in [0.2, 0.25) is 0 Å². The van der Waals surface area contributed by atoms with Crippen LogP contribution in [0.2, 0.25) is 5.02 Å². The largest absolute Gasteiger partial charge is 0.380 e. The SMILES string of the molecule is COC1(CNc2ccc3c(Cl)ccnc3c2F)CCC1. The van der Waals surface area contributed by atoms with E-state index in [9.17, 15) is 4.39 Å². The molecular weight excluding hydrogens is 279 g/mol. The van der Waals surface area contributed by atoms with Gasteiger partial charge in [0.15, 0.2) is 5.82 Å². The van der Waals surface area contributed by atoms with Crippen molar-refractivity contribution >= 4 is 28.2 Å². The number of aromatic nitrogens is 1. The number of hydrogen-bond acceptors (Lipinski definition) is 3. The van der Waals surface area contributed by atoms with E-state index in [-0.39, 0.29) is 11.4 Å². The first-order chi connectivity index (χ1) is 9.65. The molecular formula is C15H16ClFN2O. The van der Waals surface area contributed by atoms with E-state index in [1.165, 1.54) is 6.20 Å². The van der Waals surface area contributed by atoms with Gasteiger partial charge in [-0.2, -0.15) is 0 Å². The minimum absolute atomic E-state index is 0.150. The van der Waals surface area contributed by atoms with Crippen LogP contribution in [0, 0.1) is 5.82 Å². The molecule has 0 bridgehead atoms. The standard InChI is InChI=1S/C15H16ClFN2O/c1-20-15(6-2-7-15)9-19-12-4-3-10-11(16)5-8-18-14(10)13(12)17/h3-5,8,19H,2,6-7,9H2,1H3. The Morgan fingerprint density at radius 1 is 1.40 bits per heavy atom. The number of fused-ring (bicyclic) bond motifs is 1. The number of benzene rings is 1. The van der Waals surface area contributed by atoms with Crippen LogP contribution >= 0.6 is 11.6 Å². The van der Waals surface area contributed by atoms with E-state index in [4.69, 9.17) is 16.3 Å². The van der Waals surface area contributed by atoms with Crippen molar-refractivity contribution in [3.8, 4) is 0 Å². The summed E-state index contributed by atoms with van der Waals surface area (Å²) in [5.74, 6) is -0.365. The molecule has 0 saturated heterocycles. The molecule has 0 unspecified atom stereocenters. The van der Waals surface area contributed by atoms with Crippen molar-refractivity contribution in [2.75, 3.05) is 19.0 Å². The molecule has 0 spiro atoms. The maximum absolute atomic E-state index is 14.4. The van der Waals surface area contributed by atoms with Crippen molar-refractivity contribution < 1.29 is 9.13 Å². The van der Waals surface area contributed by atoms with Crippen LogP contribution in [0.1, 0.15) is 19.3 Å². The first kappa shape index (κ1) is 13.6. The van der Waals surface area contributed by atoms with Gasteiger partial charge < -0.3 is 10.1 Å². The quantitative estimate of drug-likeness (QED) is 0.925. The Bertz CT molecular complexity index is 638. The van der Waals surface area contributed by atoms with Crippen LogP contribution < -0.4 is 5.32 Å². The van der Waals surface area contributed by atoms with Gasteiger partial charge in [-0.15, -0.1) is 0 Å². The molecule has 5 heteroatoms. The van der Waals surface area contributed by atoms with Crippen LogP contribution in [0.15, 0.2) is 24.4 Å². The molecule has 1 heterocycles. The zero-order valence-corrected chi connectivity index (χ0v) is 12.0. The Kier molecular flexibility index (Phi) is 3.52. The van der Waals surface area contributed by atoms with Crippen molar-refractivity contribution in [2.45, 2.75) is 24.9 Å². The van der Waals surface area contributed by atoms with Crippen molar-refractivity contribution in [3.63, 3.8) is 0 Å². The van der Waals surface area contributed by atoms with E-state index in [2.05, 4.69) is 10.3 Å². The van der Waals surface area contributed by atoms with Crippen molar-refractivity contribution in [1.29, 1.82) is 0 Å². The minimum atomic E-state index is -0.365. The fourth-order valence-electron chi connectivity index (χ4n) is 2.57. The van der Waals surface area contributed by atoms with Gasteiger partial charge in [-0.25, -0.2) is 4.39 Å². The Labute approximate surface area is 122 Å². The molecule has 0 radical (unpaired) electrons. The Morgan fingerprint density at radius 2 is 2.20 bits per heavy atom. The van der Waals surface area contributed by atoms with Gasteiger partial charge in [-0.1, -0.05) is 11.6 Å². The summed E-state index contributed by atoms with van der Waals surface area (Å²) >= 11 is 6.04. The molecule has 0 aliphatic heterocycles. The Morgan fingerprint density at radius 3 is 2.85 bits per heavy atom. The molecule has 106 valence electrons. The second kappa shape index (κ2) is 5.19. The lowest BCUT2D eigenvalue weighted by Gasteiger charge is -2.40. The highest BCUT2D eigenvalue weighted by Crippen LogP contribution is 2.36. The average molecular weight is 295 g/mol. The van der Waals surface area contributed by atoms with Crippen LogP contribution in [0.3, 0.4) is 0 Å². The molecule has 1 aliphatic rings. The Balaban J connectivity index is 1.87. The van der Waals surface area contributed by atoms with E-state index < -0.39 is 0 Å². The molecule has 1 saturated carbocycles. The molecule has 1 N–H and O–H groups in total. The second-order valence-corrected chi connectivity index (χ2v) is 5.62. The minimum Gasteiger partial charge on any atom is -0.380 e. The lowest BCUT2D eigenvalue weighted by atomic mass is 9.80. The normalized spacial score (nSPS) is 16.9. The number of nitrogens with zero attached hydrogens (tertiary/aromatic N) is 1. The van der Waals surface area contributed by atoms with Gasteiger partial charge in [-0.05, 0) is 37.5 Å². The lowest BCUT2D eigenvalue weighted by molar-refractivity contribution is -0.0601.